The normalized spacial score (nSPS) is 18.0. The van der Waals surface area contributed by atoms with Crippen molar-refractivity contribution in [3.8, 4) is 28.7 Å². The first-order valence-corrected chi connectivity index (χ1v) is 16.8. The summed E-state index contributed by atoms with van der Waals surface area (Å²) in [6, 6.07) is 34.4. The van der Waals surface area contributed by atoms with Crippen molar-refractivity contribution in [2.24, 2.45) is 0 Å². The minimum Gasteiger partial charge on any atom is -0.482 e. The van der Waals surface area contributed by atoms with E-state index >= 15 is 0 Å². The van der Waals surface area contributed by atoms with E-state index in [9.17, 15) is 0 Å². The third kappa shape index (κ3) is 3.57. The number of aromatic nitrogens is 1. The summed E-state index contributed by atoms with van der Waals surface area (Å²) < 4.78 is 22.6. The summed E-state index contributed by atoms with van der Waals surface area (Å²) in [5, 5.41) is 2.29. The number of para-hydroxylation sites is 4. The summed E-state index contributed by atoms with van der Waals surface area (Å²) >= 11 is 0. The molecule has 1 unspecified atom stereocenters. The molecule has 0 amide bonds. The van der Waals surface area contributed by atoms with Crippen LogP contribution in [0, 0.1) is 0 Å². The van der Waals surface area contributed by atoms with Crippen molar-refractivity contribution in [1.29, 1.82) is 0 Å². The maximum Gasteiger partial charge on any atom is 0.260 e. The van der Waals surface area contributed by atoms with Crippen LogP contribution < -0.4 is 35.5 Å². The van der Waals surface area contributed by atoms with Crippen LogP contribution in [0.3, 0.4) is 0 Å². The van der Waals surface area contributed by atoms with E-state index in [2.05, 4.69) is 137 Å². The van der Waals surface area contributed by atoms with Crippen molar-refractivity contribution in [1.82, 2.24) is 4.57 Å². The molecular formula is C42H29BN2O3. The zero-order valence-corrected chi connectivity index (χ0v) is 26.1. The lowest BCUT2D eigenvalue weighted by molar-refractivity contribution is 0.228. The van der Waals surface area contributed by atoms with Crippen LogP contribution in [-0.4, -0.2) is 17.4 Å². The predicted molar refractivity (Wildman–Crippen MR) is 195 cm³/mol. The van der Waals surface area contributed by atoms with Crippen molar-refractivity contribution in [2.45, 2.75) is 25.4 Å². The maximum atomic E-state index is 6.99. The number of rotatable bonds is 2. The van der Waals surface area contributed by atoms with Gasteiger partial charge in [0.15, 0.2) is 5.75 Å². The van der Waals surface area contributed by atoms with Gasteiger partial charge < -0.3 is 23.7 Å². The molecule has 0 saturated heterocycles. The molecule has 1 aromatic heterocycles. The second-order valence-electron chi connectivity index (χ2n) is 13.1. The molecule has 0 N–H and O–H groups in total. The Balaban J connectivity index is 1.22. The molecule has 0 saturated carbocycles. The Bertz CT molecular complexity index is 2490. The minimum absolute atomic E-state index is 0.0182. The average Bonchev–Trinajstić information content (AvgIpc) is 3.47. The molecule has 5 nitrogen and oxygen atoms in total. The number of benzene rings is 5. The van der Waals surface area contributed by atoms with Crippen molar-refractivity contribution < 1.29 is 14.2 Å². The van der Waals surface area contributed by atoms with Gasteiger partial charge in [-0.25, -0.2) is 0 Å². The van der Waals surface area contributed by atoms with Crippen LogP contribution in [0.15, 0.2) is 139 Å². The molecule has 228 valence electrons. The fourth-order valence-corrected chi connectivity index (χ4v) is 8.37. The molecule has 6 aromatic rings. The summed E-state index contributed by atoms with van der Waals surface area (Å²) in [6.45, 7) is 0.0182. The molecule has 0 spiro atoms. The molecule has 6 heteroatoms. The molecule has 5 aromatic carbocycles. The minimum atomic E-state index is -0.0296. The monoisotopic (exact) mass is 620 g/mol. The molecule has 0 radical (unpaired) electrons. The van der Waals surface area contributed by atoms with Gasteiger partial charge >= 0.3 is 0 Å². The second-order valence-corrected chi connectivity index (χ2v) is 13.1. The van der Waals surface area contributed by atoms with Crippen LogP contribution >= 0.6 is 0 Å². The first-order chi connectivity index (χ1) is 23.8. The molecule has 3 aliphatic heterocycles. The highest BCUT2D eigenvalue weighted by atomic mass is 16.5. The van der Waals surface area contributed by atoms with Gasteiger partial charge in [-0.05, 0) is 78.4 Å². The van der Waals surface area contributed by atoms with Gasteiger partial charge in [0.25, 0.3) is 6.71 Å². The van der Waals surface area contributed by atoms with Gasteiger partial charge in [-0.3, -0.25) is 0 Å². The Morgan fingerprint density at radius 1 is 0.688 bits per heavy atom. The standard InChI is InChI=1S/C42H29BN2O3/c1-2-12-26(13-3-1)45-34-24-27(44-32-16-6-10-20-37(32)47-38-21-11-7-17-33(38)44)22-23-28(34)29-25-39-40-42(41(29)45)48-36-19-9-5-15-31(36)43(40)30-14-4-8-18-35(30)46-39/h1-2,4-12,14-20,22-25,38H,3,13,21H2. The van der Waals surface area contributed by atoms with E-state index in [1.807, 2.05) is 6.07 Å². The van der Waals surface area contributed by atoms with Gasteiger partial charge in [0.1, 0.15) is 29.1 Å². The van der Waals surface area contributed by atoms with Crippen molar-refractivity contribution >= 4 is 62.0 Å². The zero-order valence-electron chi connectivity index (χ0n) is 26.1. The fraction of sp³-hybridized carbons (Fsp3) is 0.0952. The van der Waals surface area contributed by atoms with E-state index in [0.29, 0.717) is 0 Å². The molecule has 48 heavy (non-hydrogen) atoms. The van der Waals surface area contributed by atoms with E-state index in [1.165, 1.54) is 22.0 Å². The maximum absolute atomic E-state index is 6.99. The topological polar surface area (TPSA) is 35.9 Å². The molecular weight excluding hydrogens is 591 g/mol. The van der Waals surface area contributed by atoms with E-state index in [1.54, 1.807) is 0 Å². The lowest BCUT2D eigenvalue weighted by Crippen LogP contribution is -2.57. The lowest BCUT2D eigenvalue weighted by Gasteiger charge is -2.39. The second kappa shape index (κ2) is 9.82. The number of fused-ring (bicyclic) bond motifs is 10. The van der Waals surface area contributed by atoms with Gasteiger partial charge in [-0.1, -0.05) is 78.9 Å². The van der Waals surface area contributed by atoms with Gasteiger partial charge in [-0.15, -0.1) is 0 Å². The van der Waals surface area contributed by atoms with Crippen LogP contribution in [0.25, 0.3) is 27.5 Å². The van der Waals surface area contributed by atoms with Gasteiger partial charge in [0.2, 0.25) is 0 Å². The number of hydrogen-bond donors (Lipinski definition) is 0. The summed E-state index contributed by atoms with van der Waals surface area (Å²) in [5.41, 5.74) is 10.2. The van der Waals surface area contributed by atoms with Gasteiger partial charge in [-0.2, -0.15) is 0 Å². The molecule has 0 bridgehead atoms. The highest BCUT2D eigenvalue weighted by Crippen LogP contribution is 2.48. The molecule has 11 rings (SSSR count). The fourth-order valence-electron chi connectivity index (χ4n) is 8.37. The third-order valence-electron chi connectivity index (χ3n) is 10.4. The summed E-state index contributed by atoms with van der Waals surface area (Å²) in [5.74, 6) is 4.45. The van der Waals surface area contributed by atoms with Crippen LogP contribution in [0.1, 0.15) is 19.3 Å². The predicted octanol–water partition coefficient (Wildman–Crippen LogP) is 8.46. The first-order valence-electron chi connectivity index (χ1n) is 16.8. The zero-order chi connectivity index (χ0) is 31.3. The summed E-state index contributed by atoms with van der Waals surface area (Å²) in [7, 11) is 0. The lowest BCUT2D eigenvalue weighted by atomic mass is 9.35. The Morgan fingerprint density at radius 3 is 2.29 bits per heavy atom. The van der Waals surface area contributed by atoms with Crippen LogP contribution in [-0.2, 0) is 0 Å². The van der Waals surface area contributed by atoms with E-state index < -0.39 is 0 Å². The first kappa shape index (κ1) is 26.2. The highest BCUT2D eigenvalue weighted by molar-refractivity contribution is 6.98. The number of nitrogens with zero attached hydrogens (tertiary/aromatic N) is 2. The number of ether oxygens (including phenoxy) is 3. The van der Waals surface area contributed by atoms with Crippen LogP contribution in [0.2, 0.25) is 0 Å². The van der Waals surface area contributed by atoms with Crippen LogP contribution in [0.4, 0.5) is 11.4 Å². The van der Waals surface area contributed by atoms with E-state index in [0.717, 1.165) is 87.0 Å². The summed E-state index contributed by atoms with van der Waals surface area (Å²) in [4.78, 5) is 2.38. The molecule has 1 atom stereocenters. The number of allylic oxidation sites excluding steroid dienone is 6. The third-order valence-corrected chi connectivity index (χ3v) is 10.4. The quantitative estimate of drug-likeness (QED) is 0.182. The molecule has 5 aliphatic rings. The number of hydrogen-bond acceptors (Lipinski definition) is 4. The Hall–Kier alpha value is -5.88. The van der Waals surface area contributed by atoms with Crippen LogP contribution in [0.5, 0.6) is 28.7 Å². The Morgan fingerprint density at radius 2 is 1.46 bits per heavy atom. The van der Waals surface area contributed by atoms with Crippen molar-refractivity contribution in [3.63, 3.8) is 0 Å². The Kier molecular flexibility index (Phi) is 5.36. The SMILES string of the molecule is C1=CCCC(n2c3cc(N4C5=CC=CCC5Oc5ccccc54)ccc3c3cc4c5c(c32)Oc2ccccc2B5c2ccccc2O4)=C1. The largest absolute Gasteiger partial charge is 0.482 e. The molecule has 0 fully saturated rings. The van der Waals surface area contributed by atoms with Gasteiger partial charge in [0, 0.05) is 34.0 Å². The van der Waals surface area contributed by atoms with Crippen molar-refractivity contribution in [2.75, 3.05) is 4.90 Å². The van der Waals surface area contributed by atoms with Gasteiger partial charge in [0.05, 0.1) is 22.4 Å². The average molecular weight is 621 g/mol. The summed E-state index contributed by atoms with van der Waals surface area (Å²) in [6.07, 6.45) is 16.0. The van der Waals surface area contributed by atoms with Crippen molar-refractivity contribution in [3.05, 3.63) is 139 Å². The smallest absolute Gasteiger partial charge is 0.260 e. The number of anilines is 2. The molecule has 2 aliphatic carbocycles. The van der Waals surface area contributed by atoms with E-state index in [4.69, 9.17) is 14.2 Å². The Labute approximate surface area is 278 Å². The molecule has 4 heterocycles. The highest BCUT2D eigenvalue weighted by Gasteiger charge is 2.42. The van der Waals surface area contributed by atoms with E-state index in [-0.39, 0.29) is 12.8 Å².